The van der Waals surface area contributed by atoms with Crippen molar-refractivity contribution in [2.45, 2.75) is 34.1 Å². The maximum absolute atomic E-state index is 3.97. The number of rotatable bonds is 6. The lowest BCUT2D eigenvalue weighted by Crippen LogP contribution is -2.15. The van der Waals surface area contributed by atoms with Crippen LogP contribution in [0.5, 0.6) is 0 Å². The first kappa shape index (κ1) is 17.8. The fourth-order valence-electron chi connectivity index (χ4n) is 2.55. The fraction of sp³-hybridized carbons (Fsp3) is 0.217. The highest BCUT2D eigenvalue weighted by Gasteiger charge is 2.12. The Morgan fingerprint density at radius 2 is 1.50 bits per heavy atom. The quantitative estimate of drug-likeness (QED) is 0.534. The summed E-state index contributed by atoms with van der Waals surface area (Å²) >= 11 is 0. The summed E-state index contributed by atoms with van der Waals surface area (Å²) in [6.45, 7) is 12.3. The third kappa shape index (κ3) is 4.48. The molecule has 24 heavy (non-hydrogen) atoms. The van der Waals surface area contributed by atoms with E-state index in [-0.39, 0.29) is 0 Å². The summed E-state index contributed by atoms with van der Waals surface area (Å²) in [6, 6.07) is 17.4. The van der Waals surface area contributed by atoms with Gasteiger partial charge < -0.3 is 4.90 Å². The zero-order chi connectivity index (χ0) is 17.5. The molecule has 0 spiro atoms. The normalized spacial score (nSPS) is 11.8. The summed E-state index contributed by atoms with van der Waals surface area (Å²) in [5.41, 5.74) is 7.10. The van der Waals surface area contributed by atoms with Crippen LogP contribution < -0.4 is 4.90 Å². The summed E-state index contributed by atoms with van der Waals surface area (Å²) < 4.78 is 0. The molecule has 0 unspecified atom stereocenters. The standard InChI is InChI=1S/C23H27N/c1-6-20-11-16-23(17-12-20)24(21(7-2)13-8-18(3)4)22-14-9-19(5)10-15-22/h7-17H,3,6H2,1-2,4-5H3/b13-8-,21-7+. The molecule has 0 saturated carbocycles. The minimum atomic E-state index is 1.04. The average molecular weight is 317 g/mol. The monoisotopic (exact) mass is 317 g/mol. The lowest BCUT2D eigenvalue weighted by Gasteiger charge is -2.26. The lowest BCUT2D eigenvalue weighted by atomic mass is 10.1. The highest BCUT2D eigenvalue weighted by Crippen LogP contribution is 2.31. The third-order valence-electron chi connectivity index (χ3n) is 3.99. The van der Waals surface area contributed by atoms with E-state index >= 15 is 0 Å². The van der Waals surface area contributed by atoms with Gasteiger partial charge in [-0.1, -0.05) is 61.1 Å². The highest BCUT2D eigenvalue weighted by atomic mass is 15.1. The molecule has 0 aliphatic heterocycles. The van der Waals surface area contributed by atoms with E-state index in [1.165, 1.54) is 11.1 Å². The maximum atomic E-state index is 3.97. The van der Waals surface area contributed by atoms with Gasteiger partial charge in [0, 0.05) is 17.1 Å². The molecule has 2 rings (SSSR count). The van der Waals surface area contributed by atoms with E-state index in [9.17, 15) is 0 Å². The number of hydrogen-bond donors (Lipinski definition) is 0. The van der Waals surface area contributed by atoms with Crippen LogP contribution in [0.2, 0.25) is 0 Å². The Bertz CT molecular complexity index is 731. The number of aryl methyl sites for hydroxylation is 2. The largest absolute Gasteiger partial charge is 0.311 e. The van der Waals surface area contributed by atoms with E-state index in [1.54, 1.807) is 0 Å². The lowest BCUT2D eigenvalue weighted by molar-refractivity contribution is 1.13. The van der Waals surface area contributed by atoms with Crippen LogP contribution in [0.1, 0.15) is 31.9 Å². The van der Waals surface area contributed by atoms with Crippen LogP contribution in [0.15, 0.2) is 84.6 Å². The second-order valence-corrected chi connectivity index (χ2v) is 6.08. The van der Waals surface area contributed by atoms with Gasteiger partial charge in [-0.15, -0.1) is 0 Å². The predicted octanol–water partition coefficient (Wildman–Crippen LogP) is 6.73. The SMILES string of the molecule is C=C(C)/C=C\C(=C/C)N(c1ccc(C)cc1)c1ccc(CC)cc1. The Morgan fingerprint density at radius 3 is 1.96 bits per heavy atom. The number of allylic oxidation sites excluding steroid dienone is 4. The van der Waals surface area contributed by atoms with Crippen molar-refractivity contribution in [1.29, 1.82) is 0 Å². The molecule has 2 aromatic rings. The van der Waals surface area contributed by atoms with Gasteiger partial charge in [0.05, 0.1) is 0 Å². The van der Waals surface area contributed by atoms with E-state index in [4.69, 9.17) is 0 Å². The molecule has 0 fully saturated rings. The van der Waals surface area contributed by atoms with Crippen LogP contribution in [0.25, 0.3) is 0 Å². The van der Waals surface area contributed by atoms with Crippen LogP contribution in [-0.2, 0) is 6.42 Å². The Kier molecular flexibility index (Phi) is 6.20. The molecule has 0 atom stereocenters. The van der Waals surface area contributed by atoms with Gasteiger partial charge in [0.1, 0.15) is 0 Å². The number of benzene rings is 2. The smallest absolute Gasteiger partial charge is 0.0461 e. The summed E-state index contributed by atoms with van der Waals surface area (Å²) in [7, 11) is 0. The van der Waals surface area contributed by atoms with Crippen molar-refractivity contribution in [3.63, 3.8) is 0 Å². The molecule has 0 N–H and O–H groups in total. The topological polar surface area (TPSA) is 3.24 Å². The summed E-state index contributed by atoms with van der Waals surface area (Å²) in [6.07, 6.45) is 7.36. The molecule has 0 bridgehead atoms. The van der Waals surface area contributed by atoms with Gasteiger partial charge in [0.2, 0.25) is 0 Å². The molecule has 0 amide bonds. The Labute approximate surface area is 146 Å². The predicted molar refractivity (Wildman–Crippen MR) is 107 cm³/mol. The molecule has 0 aromatic heterocycles. The first-order valence-electron chi connectivity index (χ1n) is 8.50. The van der Waals surface area contributed by atoms with Gasteiger partial charge in [-0.25, -0.2) is 0 Å². The van der Waals surface area contributed by atoms with Crippen LogP contribution in [0, 0.1) is 6.92 Å². The van der Waals surface area contributed by atoms with Crippen molar-refractivity contribution in [2.75, 3.05) is 4.90 Å². The first-order valence-corrected chi connectivity index (χ1v) is 8.50. The van der Waals surface area contributed by atoms with E-state index in [1.807, 2.05) is 6.92 Å². The molecular weight excluding hydrogens is 290 g/mol. The van der Waals surface area contributed by atoms with E-state index in [0.29, 0.717) is 0 Å². The molecule has 2 aromatic carbocycles. The summed E-state index contributed by atoms with van der Waals surface area (Å²) in [5.74, 6) is 0. The van der Waals surface area contributed by atoms with Gasteiger partial charge in [-0.05, 0) is 63.1 Å². The average Bonchev–Trinajstić information content (AvgIpc) is 2.60. The first-order chi connectivity index (χ1) is 11.5. The minimum absolute atomic E-state index is 1.04. The Morgan fingerprint density at radius 1 is 0.958 bits per heavy atom. The van der Waals surface area contributed by atoms with Gasteiger partial charge in [0.25, 0.3) is 0 Å². The zero-order valence-corrected chi connectivity index (χ0v) is 15.2. The number of nitrogens with zero attached hydrogens (tertiary/aromatic N) is 1. The molecule has 0 heterocycles. The van der Waals surface area contributed by atoms with E-state index < -0.39 is 0 Å². The van der Waals surface area contributed by atoms with Crippen molar-refractivity contribution in [3.8, 4) is 0 Å². The van der Waals surface area contributed by atoms with Crippen molar-refractivity contribution in [1.82, 2.24) is 0 Å². The van der Waals surface area contributed by atoms with Crippen LogP contribution in [0.4, 0.5) is 11.4 Å². The molecule has 0 aliphatic carbocycles. The van der Waals surface area contributed by atoms with E-state index in [2.05, 4.69) is 99.0 Å². The summed E-state index contributed by atoms with van der Waals surface area (Å²) in [5, 5.41) is 0. The molecular formula is C23H27N. The van der Waals surface area contributed by atoms with Crippen molar-refractivity contribution in [3.05, 3.63) is 95.7 Å². The molecule has 0 aliphatic rings. The van der Waals surface area contributed by atoms with Gasteiger partial charge in [-0.2, -0.15) is 0 Å². The molecule has 1 nitrogen and oxygen atoms in total. The van der Waals surface area contributed by atoms with Crippen molar-refractivity contribution >= 4 is 11.4 Å². The van der Waals surface area contributed by atoms with Crippen LogP contribution in [-0.4, -0.2) is 0 Å². The van der Waals surface area contributed by atoms with Crippen LogP contribution in [0.3, 0.4) is 0 Å². The Hall–Kier alpha value is -2.54. The second kappa shape index (κ2) is 8.35. The van der Waals surface area contributed by atoms with Crippen molar-refractivity contribution in [2.24, 2.45) is 0 Å². The Balaban J connectivity index is 2.50. The third-order valence-corrected chi connectivity index (χ3v) is 3.99. The maximum Gasteiger partial charge on any atom is 0.0461 e. The van der Waals surface area contributed by atoms with Gasteiger partial charge >= 0.3 is 0 Å². The molecule has 124 valence electrons. The fourth-order valence-corrected chi connectivity index (χ4v) is 2.55. The minimum Gasteiger partial charge on any atom is -0.311 e. The van der Waals surface area contributed by atoms with Crippen LogP contribution >= 0.6 is 0 Å². The zero-order valence-electron chi connectivity index (χ0n) is 15.2. The molecule has 1 heteroatoms. The van der Waals surface area contributed by atoms with Gasteiger partial charge in [-0.3, -0.25) is 0 Å². The second-order valence-electron chi connectivity index (χ2n) is 6.08. The summed E-state index contributed by atoms with van der Waals surface area (Å²) in [4.78, 5) is 2.28. The molecule has 0 saturated heterocycles. The number of hydrogen-bond acceptors (Lipinski definition) is 1. The molecule has 0 radical (unpaired) electrons. The van der Waals surface area contributed by atoms with Crippen molar-refractivity contribution < 1.29 is 0 Å². The van der Waals surface area contributed by atoms with Gasteiger partial charge in [0.15, 0.2) is 0 Å². The van der Waals surface area contributed by atoms with E-state index in [0.717, 1.165) is 29.1 Å². The highest BCUT2D eigenvalue weighted by molar-refractivity contribution is 5.70. The number of anilines is 2.